The molecule has 2 rings (SSSR count). The maximum Gasteiger partial charge on any atom is 0.314 e. The van der Waals surface area contributed by atoms with Crippen LogP contribution in [0.2, 0.25) is 0 Å². The van der Waals surface area contributed by atoms with Crippen molar-refractivity contribution >= 4 is 23.2 Å². The molecule has 0 saturated heterocycles. The van der Waals surface area contributed by atoms with Crippen LogP contribution in [-0.4, -0.2) is 11.8 Å². The third-order valence-electron chi connectivity index (χ3n) is 3.10. The van der Waals surface area contributed by atoms with E-state index < -0.39 is 81.4 Å². The number of hydrogen-bond donors (Lipinski definition) is 2. The lowest BCUT2D eigenvalue weighted by molar-refractivity contribution is -0.133. The van der Waals surface area contributed by atoms with E-state index >= 15 is 0 Å². The van der Waals surface area contributed by atoms with Crippen LogP contribution < -0.4 is 10.6 Å². The Morgan fingerprint density at radius 3 is 0.786 bits per heavy atom. The summed E-state index contributed by atoms with van der Waals surface area (Å²) < 4.78 is 131. The third kappa shape index (κ3) is 3.32. The van der Waals surface area contributed by atoms with Crippen molar-refractivity contribution in [1.82, 2.24) is 0 Å². The molecule has 0 fully saturated rings. The van der Waals surface area contributed by atoms with E-state index in [0.29, 0.717) is 0 Å². The molecule has 0 radical (unpaired) electrons. The number of hydrogen-bond acceptors (Lipinski definition) is 2. The van der Waals surface area contributed by atoms with Crippen molar-refractivity contribution in [1.29, 1.82) is 0 Å². The summed E-state index contributed by atoms with van der Waals surface area (Å²) in [4.78, 5) is 23.0. The molecule has 0 aliphatic rings. The summed E-state index contributed by atoms with van der Waals surface area (Å²) in [6, 6.07) is 0. The first kappa shape index (κ1) is 21.0. The van der Waals surface area contributed by atoms with Crippen LogP contribution in [0, 0.1) is 58.2 Å². The van der Waals surface area contributed by atoms with Gasteiger partial charge in [-0.25, -0.2) is 43.9 Å². The summed E-state index contributed by atoms with van der Waals surface area (Å²) in [6.07, 6.45) is 0. The summed E-state index contributed by atoms with van der Waals surface area (Å²) >= 11 is 0. The topological polar surface area (TPSA) is 58.2 Å². The highest BCUT2D eigenvalue weighted by Crippen LogP contribution is 2.28. The normalized spacial score (nSPS) is 10.8. The lowest BCUT2D eigenvalue weighted by atomic mass is 10.2. The molecule has 0 spiro atoms. The zero-order valence-corrected chi connectivity index (χ0v) is 12.6. The summed E-state index contributed by atoms with van der Waals surface area (Å²) in [5, 5.41) is 1.87. The lowest BCUT2D eigenvalue weighted by Gasteiger charge is -2.11. The van der Waals surface area contributed by atoms with E-state index in [2.05, 4.69) is 0 Å². The number of carbonyl (C=O) groups excluding carboxylic acids is 2. The van der Waals surface area contributed by atoms with Gasteiger partial charge < -0.3 is 10.6 Å². The van der Waals surface area contributed by atoms with Crippen LogP contribution in [0.4, 0.5) is 55.3 Å². The van der Waals surface area contributed by atoms with E-state index in [4.69, 9.17) is 0 Å². The van der Waals surface area contributed by atoms with Crippen molar-refractivity contribution < 1.29 is 53.5 Å². The Morgan fingerprint density at radius 1 is 0.393 bits per heavy atom. The quantitative estimate of drug-likeness (QED) is 0.337. The third-order valence-corrected chi connectivity index (χ3v) is 3.10. The predicted molar refractivity (Wildman–Crippen MR) is 69.7 cm³/mol. The summed E-state index contributed by atoms with van der Waals surface area (Å²) in [5.41, 5.74) is -3.98. The van der Waals surface area contributed by atoms with E-state index in [1.807, 2.05) is 0 Å². The van der Waals surface area contributed by atoms with E-state index in [1.165, 1.54) is 0 Å². The second-order valence-corrected chi connectivity index (χ2v) is 4.80. The number of anilines is 2. The fourth-order valence-corrected chi connectivity index (χ4v) is 1.77. The summed E-state index contributed by atoms with van der Waals surface area (Å²) in [5.74, 6) is -29.9. The fraction of sp³-hybridized carbons (Fsp3) is 0. The molecule has 0 atom stereocenters. The highest BCUT2D eigenvalue weighted by atomic mass is 19.2. The average molecular weight is 420 g/mol. The minimum absolute atomic E-state index is 0.933. The standard InChI is InChI=1S/C14H2F10N2O2/c15-1-3(17)7(21)11(8(22)4(1)18)25-13(27)14(28)26-12-9(23)5(19)2(16)6(20)10(12)24/h(H,25,27)(H,26,28). The zero-order chi connectivity index (χ0) is 21.5. The monoisotopic (exact) mass is 420 g/mol. The number of carbonyl (C=O) groups is 2. The molecule has 0 unspecified atom stereocenters. The highest BCUT2D eigenvalue weighted by molar-refractivity contribution is 6.43. The number of halogens is 10. The molecule has 0 heterocycles. The summed E-state index contributed by atoms with van der Waals surface area (Å²) in [7, 11) is 0. The Kier molecular flexibility index (Phi) is 5.52. The van der Waals surface area contributed by atoms with E-state index in [-0.39, 0.29) is 0 Å². The molecule has 150 valence electrons. The van der Waals surface area contributed by atoms with Gasteiger partial charge in [-0.05, 0) is 0 Å². The molecule has 0 aliphatic carbocycles. The number of amides is 2. The van der Waals surface area contributed by atoms with Crippen molar-refractivity contribution in [2.75, 3.05) is 10.6 Å². The molecule has 2 N–H and O–H groups in total. The molecule has 14 heteroatoms. The number of nitrogens with one attached hydrogen (secondary N) is 2. The maximum absolute atomic E-state index is 13.4. The molecule has 0 aliphatic heterocycles. The minimum Gasteiger partial charge on any atom is -0.313 e. The Hall–Kier alpha value is -3.32. The average Bonchev–Trinajstić information content (AvgIpc) is 2.67. The maximum atomic E-state index is 13.4. The predicted octanol–water partition coefficient (Wildman–Crippen LogP) is 3.65. The molecular formula is C14H2F10N2O2. The molecule has 4 nitrogen and oxygen atoms in total. The molecule has 2 aromatic carbocycles. The molecule has 0 saturated carbocycles. The van der Waals surface area contributed by atoms with E-state index in [0.717, 1.165) is 10.6 Å². The smallest absolute Gasteiger partial charge is 0.313 e. The van der Waals surface area contributed by atoms with E-state index in [9.17, 15) is 53.5 Å². The largest absolute Gasteiger partial charge is 0.314 e. The molecule has 0 bridgehead atoms. The van der Waals surface area contributed by atoms with Gasteiger partial charge in [0.15, 0.2) is 46.5 Å². The minimum atomic E-state index is -2.58. The van der Waals surface area contributed by atoms with Crippen LogP contribution in [0.5, 0.6) is 0 Å². The zero-order valence-electron chi connectivity index (χ0n) is 12.6. The first-order valence-corrected chi connectivity index (χ1v) is 6.55. The van der Waals surface area contributed by atoms with Gasteiger partial charge in [0.1, 0.15) is 11.4 Å². The van der Waals surface area contributed by atoms with Gasteiger partial charge in [-0.3, -0.25) is 9.59 Å². The molecular weight excluding hydrogens is 418 g/mol. The van der Waals surface area contributed by atoms with Crippen LogP contribution in [0.15, 0.2) is 0 Å². The second kappa shape index (κ2) is 7.36. The van der Waals surface area contributed by atoms with Crippen molar-refractivity contribution in [2.45, 2.75) is 0 Å². The lowest BCUT2D eigenvalue weighted by Crippen LogP contribution is -2.31. The van der Waals surface area contributed by atoms with Gasteiger partial charge in [0.25, 0.3) is 0 Å². The van der Waals surface area contributed by atoms with Crippen LogP contribution in [0.1, 0.15) is 0 Å². The van der Waals surface area contributed by atoms with E-state index in [1.54, 1.807) is 0 Å². The van der Waals surface area contributed by atoms with Gasteiger partial charge >= 0.3 is 11.8 Å². The van der Waals surface area contributed by atoms with Crippen LogP contribution >= 0.6 is 0 Å². The molecule has 28 heavy (non-hydrogen) atoms. The van der Waals surface area contributed by atoms with Gasteiger partial charge in [0.2, 0.25) is 11.6 Å². The van der Waals surface area contributed by atoms with Crippen molar-refractivity contribution in [2.24, 2.45) is 0 Å². The van der Waals surface area contributed by atoms with Crippen molar-refractivity contribution in [3.8, 4) is 0 Å². The van der Waals surface area contributed by atoms with Gasteiger partial charge in [0.05, 0.1) is 0 Å². The molecule has 2 amide bonds. The molecule has 2 aromatic rings. The Bertz CT molecular complexity index is 885. The Balaban J connectivity index is 2.36. The first-order valence-electron chi connectivity index (χ1n) is 6.55. The van der Waals surface area contributed by atoms with Gasteiger partial charge in [-0.2, -0.15) is 0 Å². The SMILES string of the molecule is O=C(Nc1c(F)c(F)c(F)c(F)c1F)C(=O)Nc1c(F)c(F)c(F)c(F)c1F. The molecule has 0 aromatic heterocycles. The van der Waals surface area contributed by atoms with Crippen LogP contribution in [0.3, 0.4) is 0 Å². The van der Waals surface area contributed by atoms with Gasteiger partial charge in [0, 0.05) is 0 Å². The van der Waals surface area contributed by atoms with Crippen molar-refractivity contribution in [3.63, 3.8) is 0 Å². The van der Waals surface area contributed by atoms with Crippen LogP contribution in [-0.2, 0) is 9.59 Å². The highest BCUT2D eigenvalue weighted by Gasteiger charge is 2.31. The van der Waals surface area contributed by atoms with Crippen LogP contribution in [0.25, 0.3) is 0 Å². The van der Waals surface area contributed by atoms with Gasteiger partial charge in [-0.1, -0.05) is 0 Å². The Morgan fingerprint density at radius 2 is 0.571 bits per heavy atom. The second-order valence-electron chi connectivity index (χ2n) is 4.80. The van der Waals surface area contributed by atoms with Gasteiger partial charge in [-0.15, -0.1) is 0 Å². The number of benzene rings is 2. The first-order chi connectivity index (χ1) is 12.9. The van der Waals surface area contributed by atoms with Crippen molar-refractivity contribution in [3.05, 3.63) is 58.2 Å². The Labute approximate surface area is 146 Å². The fourth-order valence-electron chi connectivity index (χ4n) is 1.77. The number of rotatable bonds is 2. The summed E-state index contributed by atoms with van der Waals surface area (Å²) in [6.45, 7) is 0.